The molecule has 0 aliphatic carbocycles. The van der Waals surface area contributed by atoms with Gasteiger partial charge in [0.15, 0.2) is 0 Å². The van der Waals surface area contributed by atoms with E-state index in [1.807, 2.05) is 4.40 Å². The predicted molar refractivity (Wildman–Crippen MR) is 121 cm³/mol. The molecule has 6 nitrogen and oxygen atoms in total. The lowest BCUT2D eigenvalue weighted by Crippen LogP contribution is -2.06. The van der Waals surface area contributed by atoms with E-state index in [9.17, 15) is 18.3 Å². The Kier molecular flexibility index (Phi) is 5.69. The summed E-state index contributed by atoms with van der Waals surface area (Å²) < 4.78 is 42.5. The summed E-state index contributed by atoms with van der Waals surface area (Å²) in [4.78, 5) is 13.5. The van der Waals surface area contributed by atoms with Crippen LogP contribution in [-0.4, -0.2) is 24.5 Å². The molecule has 0 saturated carbocycles. The van der Waals surface area contributed by atoms with Gasteiger partial charge in [0.1, 0.15) is 23.1 Å². The average molecular weight is 461 g/mol. The van der Waals surface area contributed by atoms with Gasteiger partial charge in [-0.2, -0.15) is 0 Å². The zero-order valence-electron chi connectivity index (χ0n) is 17.7. The van der Waals surface area contributed by atoms with Crippen molar-refractivity contribution in [3.8, 4) is 22.6 Å². The maximum Gasteiger partial charge on any atom is 0.223 e. The summed E-state index contributed by atoms with van der Waals surface area (Å²) in [5.41, 5.74) is 3.99. The second-order valence-electron chi connectivity index (χ2n) is 7.59. The summed E-state index contributed by atoms with van der Waals surface area (Å²) in [6.07, 6.45) is 3.33. The monoisotopic (exact) mass is 461 g/mol. The lowest BCUT2D eigenvalue weighted by Gasteiger charge is -2.09. The Labute approximate surface area is 192 Å². The molecule has 9 heteroatoms. The molecule has 34 heavy (non-hydrogen) atoms. The van der Waals surface area contributed by atoms with Gasteiger partial charge in [-0.15, -0.1) is 0 Å². The van der Waals surface area contributed by atoms with Crippen molar-refractivity contribution in [3.05, 3.63) is 102 Å². The van der Waals surface area contributed by atoms with Crippen molar-refractivity contribution in [1.29, 1.82) is 0 Å². The molecule has 170 valence electrons. The fraction of sp³-hybridized carbons (Fsp3) is 0.0800. The number of aromatic nitrogens is 4. The largest absolute Gasteiger partial charge is 0.392 e. The third-order valence-corrected chi connectivity index (χ3v) is 5.34. The summed E-state index contributed by atoms with van der Waals surface area (Å²) in [5, 5.41) is 12.5. The molecule has 2 aromatic carbocycles. The van der Waals surface area contributed by atoms with Gasteiger partial charge in [-0.05, 0) is 54.1 Å². The summed E-state index contributed by atoms with van der Waals surface area (Å²) in [6.45, 7) is -0.0699. The van der Waals surface area contributed by atoms with E-state index < -0.39 is 11.6 Å². The van der Waals surface area contributed by atoms with Crippen molar-refractivity contribution < 1.29 is 18.3 Å². The molecule has 0 amide bonds. The van der Waals surface area contributed by atoms with E-state index in [0.717, 1.165) is 6.07 Å². The number of hydrogen-bond acceptors (Lipinski definition) is 5. The molecular formula is C25H18F3N5O. The van der Waals surface area contributed by atoms with E-state index >= 15 is 0 Å². The number of rotatable bonds is 6. The van der Waals surface area contributed by atoms with Crippen LogP contribution in [0.1, 0.15) is 11.1 Å². The van der Waals surface area contributed by atoms with Crippen LogP contribution in [0.5, 0.6) is 0 Å². The highest BCUT2D eigenvalue weighted by Crippen LogP contribution is 2.32. The van der Waals surface area contributed by atoms with E-state index in [1.54, 1.807) is 42.7 Å². The maximum atomic E-state index is 14.0. The number of benzene rings is 2. The molecule has 0 radical (unpaired) electrons. The number of nitrogens with one attached hydrogen (secondary N) is 1. The number of halogens is 3. The number of aliphatic hydroxyl groups is 1. The van der Waals surface area contributed by atoms with Crippen LogP contribution in [0.15, 0.2) is 73.1 Å². The predicted octanol–water partition coefficient (Wildman–Crippen LogP) is 4.98. The lowest BCUT2D eigenvalue weighted by molar-refractivity contribution is 0.282. The van der Waals surface area contributed by atoms with Gasteiger partial charge in [0.05, 0.1) is 23.7 Å². The van der Waals surface area contributed by atoms with E-state index in [0.29, 0.717) is 33.9 Å². The first-order chi connectivity index (χ1) is 16.5. The first-order valence-electron chi connectivity index (χ1n) is 10.4. The van der Waals surface area contributed by atoms with Crippen molar-refractivity contribution in [3.63, 3.8) is 0 Å². The molecule has 0 bridgehead atoms. The molecule has 0 aliphatic rings. The van der Waals surface area contributed by atoms with Gasteiger partial charge in [0.25, 0.3) is 0 Å². The normalized spacial score (nSPS) is 11.2. The number of fused-ring (bicyclic) bond motifs is 1. The summed E-state index contributed by atoms with van der Waals surface area (Å²) in [6, 6.07) is 14.6. The van der Waals surface area contributed by atoms with Gasteiger partial charge in [-0.3, -0.25) is 4.40 Å². The Bertz CT molecular complexity index is 1480. The van der Waals surface area contributed by atoms with Crippen LogP contribution in [0.25, 0.3) is 28.3 Å². The van der Waals surface area contributed by atoms with Gasteiger partial charge in [0, 0.05) is 36.1 Å². The van der Waals surface area contributed by atoms with Crippen molar-refractivity contribution in [1.82, 2.24) is 19.4 Å². The molecule has 0 unspecified atom stereocenters. The van der Waals surface area contributed by atoms with E-state index in [4.69, 9.17) is 4.98 Å². The molecule has 0 spiro atoms. The molecular weight excluding hydrogens is 443 g/mol. The topological polar surface area (TPSA) is 75.3 Å². The van der Waals surface area contributed by atoms with Crippen LogP contribution >= 0.6 is 0 Å². The summed E-state index contributed by atoms with van der Waals surface area (Å²) in [7, 11) is 0. The molecule has 2 N–H and O–H groups in total. The van der Waals surface area contributed by atoms with Crippen molar-refractivity contribution in [2.45, 2.75) is 13.2 Å². The first-order valence-corrected chi connectivity index (χ1v) is 10.4. The van der Waals surface area contributed by atoms with E-state index in [2.05, 4.69) is 15.3 Å². The Balaban J connectivity index is 1.56. The molecule has 0 atom stereocenters. The Morgan fingerprint density at radius 3 is 2.44 bits per heavy atom. The fourth-order valence-corrected chi connectivity index (χ4v) is 3.65. The Hall–Kier alpha value is -4.24. The zero-order chi connectivity index (χ0) is 23.7. The zero-order valence-corrected chi connectivity index (χ0v) is 17.7. The number of aliphatic hydroxyl groups excluding tert-OH is 1. The van der Waals surface area contributed by atoms with Crippen LogP contribution in [-0.2, 0) is 13.2 Å². The van der Waals surface area contributed by atoms with Gasteiger partial charge < -0.3 is 10.4 Å². The third kappa shape index (κ3) is 4.20. The molecule has 5 aromatic rings. The second kappa shape index (κ2) is 8.95. The SMILES string of the molecule is OCc1ccn2c(-c3ccnc(NCc4ccc(F)cc4F)n3)c(-c3ccc(F)cc3)nc2c1. The fourth-order valence-electron chi connectivity index (χ4n) is 3.65. The van der Waals surface area contributed by atoms with Crippen molar-refractivity contribution in [2.24, 2.45) is 0 Å². The molecule has 5 rings (SSSR count). The number of imidazole rings is 1. The summed E-state index contributed by atoms with van der Waals surface area (Å²) >= 11 is 0. The minimum Gasteiger partial charge on any atom is -0.392 e. The molecule has 0 fully saturated rings. The molecule has 3 aromatic heterocycles. The minimum atomic E-state index is -0.663. The second-order valence-corrected chi connectivity index (χ2v) is 7.59. The number of hydrogen-bond donors (Lipinski definition) is 2. The summed E-state index contributed by atoms with van der Waals surface area (Å²) in [5.74, 6) is -1.43. The highest BCUT2D eigenvalue weighted by molar-refractivity contribution is 5.80. The maximum absolute atomic E-state index is 14.0. The number of nitrogens with zero attached hydrogens (tertiary/aromatic N) is 4. The molecule has 3 heterocycles. The Morgan fingerprint density at radius 1 is 0.882 bits per heavy atom. The highest BCUT2D eigenvalue weighted by atomic mass is 19.1. The quantitative estimate of drug-likeness (QED) is 0.373. The van der Waals surface area contributed by atoms with Crippen LogP contribution < -0.4 is 5.32 Å². The van der Waals surface area contributed by atoms with Gasteiger partial charge in [0.2, 0.25) is 5.95 Å². The van der Waals surface area contributed by atoms with E-state index in [1.165, 1.54) is 24.3 Å². The van der Waals surface area contributed by atoms with Gasteiger partial charge >= 0.3 is 0 Å². The number of anilines is 1. The van der Waals surface area contributed by atoms with Crippen molar-refractivity contribution in [2.75, 3.05) is 5.32 Å². The van der Waals surface area contributed by atoms with Gasteiger partial charge in [-0.25, -0.2) is 28.1 Å². The van der Waals surface area contributed by atoms with Crippen LogP contribution in [0.2, 0.25) is 0 Å². The van der Waals surface area contributed by atoms with Crippen molar-refractivity contribution >= 4 is 11.6 Å². The standard InChI is InChI=1S/C25H18F3N5O/c26-18-4-1-16(2-5-18)23-24(33-10-8-15(14-34)11-22(33)32-23)21-7-9-29-25(31-21)30-13-17-3-6-19(27)12-20(17)28/h1-12,34H,13-14H2,(H,29,30,31). The minimum absolute atomic E-state index is 0.0629. The highest BCUT2D eigenvalue weighted by Gasteiger charge is 2.18. The van der Waals surface area contributed by atoms with Crippen LogP contribution in [0.4, 0.5) is 19.1 Å². The van der Waals surface area contributed by atoms with Crippen LogP contribution in [0.3, 0.4) is 0 Å². The average Bonchev–Trinajstić information content (AvgIpc) is 3.23. The molecule has 0 saturated heterocycles. The van der Waals surface area contributed by atoms with Crippen LogP contribution in [0, 0.1) is 17.5 Å². The Morgan fingerprint density at radius 2 is 1.68 bits per heavy atom. The van der Waals surface area contributed by atoms with E-state index in [-0.39, 0.29) is 30.5 Å². The first kappa shape index (κ1) is 21.6. The molecule has 0 aliphatic heterocycles. The number of pyridine rings is 1. The van der Waals surface area contributed by atoms with Gasteiger partial charge in [-0.1, -0.05) is 6.07 Å². The third-order valence-electron chi connectivity index (χ3n) is 5.34. The smallest absolute Gasteiger partial charge is 0.223 e. The lowest BCUT2D eigenvalue weighted by atomic mass is 10.1.